The van der Waals surface area contributed by atoms with Gasteiger partial charge >= 0.3 is 0 Å². The minimum Gasteiger partial charge on any atom is -0.309 e. The molecule has 0 bridgehead atoms. The van der Waals surface area contributed by atoms with Crippen molar-refractivity contribution in [2.24, 2.45) is 0 Å². The lowest BCUT2D eigenvalue weighted by atomic mass is 9.83. The van der Waals surface area contributed by atoms with Gasteiger partial charge in [-0.3, -0.25) is 0 Å². The van der Waals surface area contributed by atoms with Crippen molar-refractivity contribution in [3.63, 3.8) is 0 Å². The maximum Gasteiger partial charge on any atom is 0.195 e. The van der Waals surface area contributed by atoms with Gasteiger partial charge in [0.1, 0.15) is 5.82 Å². The van der Waals surface area contributed by atoms with Gasteiger partial charge in [0.15, 0.2) is 5.69 Å². The van der Waals surface area contributed by atoms with Gasteiger partial charge in [-0.05, 0) is 102 Å². The molecular formula is C45H25FN2. The van der Waals surface area contributed by atoms with E-state index in [0.29, 0.717) is 5.69 Å². The standard InChI is InChI=1S/C45H25FN2/c1-47-39-24-26-41-45-38(39)22-21-37-36(23-25-40(44(37)45)48(41)29-19-17-28(46)18-20-29)43-34-14-6-4-12-32(34)42(33-13-5-7-15-35(33)43)31-16-8-10-27-9-2-3-11-30(27)31/h2-26H. The number of hydrogen-bond donors (Lipinski definition) is 0. The van der Waals surface area contributed by atoms with Crippen LogP contribution in [0.2, 0.25) is 0 Å². The molecule has 0 aliphatic heterocycles. The van der Waals surface area contributed by atoms with E-state index in [-0.39, 0.29) is 5.82 Å². The van der Waals surface area contributed by atoms with Gasteiger partial charge in [-0.2, -0.15) is 0 Å². The molecule has 0 N–H and O–H groups in total. The molecule has 0 fully saturated rings. The van der Waals surface area contributed by atoms with Crippen molar-refractivity contribution in [3.8, 4) is 27.9 Å². The Morgan fingerprint density at radius 1 is 0.438 bits per heavy atom. The van der Waals surface area contributed by atoms with Crippen molar-refractivity contribution in [1.82, 2.24) is 4.57 Å². The summed E-state index contributed by atoms with van der Waals surface area (Å²) in [5.74, 6) is -0.268. The van der Waals surface area contributed by atoms with Crippen molar-refractivity contribution >= 4 is 70.6 Å². The molecule has 48 heavy (non-hydrogen) atoms. The average molecular weight is 613 g/mol. The van der Waals surface area contributed by atoms with Gasteiger partial charge in [0.25, 0.3) is 0 Å². The zero-order valence-electron chi connectivity index (χ0n) is 25.7. The maximum absolute atomic E-state index is 14.1. The zero-order chi connectivity index (χ0) is 31.9. The van der Waals surface area contributed by atoms with Crippen LogP contribution in [0.15, 0.2) is 152 Å². The maximum atomic E-state index is 14.1. The number of nitrogens with zero attached hydrogens (tertiary/aromatic N) is 2. The summed E-state index contributed by atoms with van der Waals surface area (Å²) in [6, 6.07) is 52.0. The third-order valence-electron chi connectivity index (χ3n) is 10.0. The molecule has 0 amide bonds. The highest BCUT2D eigenvalue weighted by molar-refractivity contribution is 6.31. The fourth-order valence-corrected chi connectivity index (χ4v) is 8.08. The van der Waals surface area contributed by atoms with Gasteiger partial charge in [-0.15, -0.1) is 0 Å². The van der Waals surface area contributed by atoms with Gasteiger partial charge in [0.2, 0.25) is 0 Å². The van der Waals surface area contributed by atoms with Gasteiger partial charge < -0.3 is 4.57 Å². The van der Waals surface area contributed by atoms with E-state index < -0.39 is 0 Å². The molecule has 0 spiro atoms. The Kier molecular flexibility index (Phi) is 5.56. The highest BCUT2D eigenvalue weighted by Gasteiger charge is 2.23. The Balaban J connectivity index is 1.36. The van der Waals surface area contributed by atoms with E-state index in [1.54, 1.807) is 0 Å². The van der Waals surface area contributed by atoms with E-state index in [2.05, 4.69) is 125 Å². The molecular weight excluding hydrogens is 588 g/mol. The minimum atomic E-state index is -0.268. The molecule has 0 saturated carbocycles. The summed E-state index contributed by atoms with van der Waals surface area (Å²) >= 11 is 0. The fourth-order valence-electron chi connectivity index (χ4n) is 8.08. The first kappa shape index (κ1) is 26.7. The van der Waals surface area contributed by atoms with E-state index in [4.69, 9.17) is 6.57 Å². The lowest BCUT2D eigenvalue weighted by molar-refractivity contribution is 0.627. The van der Waals surface area contributed by atoms with Crippen LogP contribution in [0.25, 0.3) is 97.7 Å². The summed E-state index contributed by atoms with van der Waals surface area (Å²) < 4.78 is 16.2. The lowest BCUT2D eigenvalue weighted by Crippen LogP contribution is -1.94. The summed E-state index contributed by atoms with van der Waals surface area (Å²) in [6.07, 6.45) is 0. The van der Waals surface area contributed by atoms with Crippen LogP contribution >= 0.6 is 0 Å². The molecule has 2 nitrogen and oxygen atoms in total. The summed E-state index contributed by atoms with van der Waals surface area (Å²) in [4.78, 5) is 3.88. The molecule has 0 aliphatic rings. The molecule has 1 aromatic heterocycles. The second kappa shape index (κ2) is 10.00. The third-order valence-corrected chi connectivity index (χ3v) is 10.0. The highest BCUT2D eigenvalue weighted by atomic mass is 19.1. The molecule has 0 atom stereocenters. The number of halogens is 1. The van der Waals surface area contributed by atoms with Gasteiger partial charge in [-0.25, -0.2) is 9.24 Å². The number of benzene rings is 9. The van der Waals surface area contributed by atoms with Crippen molar-refractivity contribution in [2.45, 2.75) is 0 Å². The number of aromatic nitrogens is 1. The van der Waals surface area contributed by atoms with Crippen molar-refractivity contribution < 1.29 is 4.39 Å². The Labute approximate surface area is 275 Å². The first-order valence-electron chi connectivity index (χ1n) is 16.1. The van der Waals surface area contributed by atoms with E-state index in [0.717, 1.165) is 43.8 Å². The van der Waals surface area contributed by atoms with E-state index in [1.807, 2.05) is 24.3 Å². The number of hydrogen-bond acceptors (Lipinski definition) is 0. The molecule has 1 heterocycles. The molecule has 9 aromatic carbocycles. The summed E-state index contributed by atoms with van der Waals surface area (Å²) in [5, 5.41) is 11.5. The van der Waals surface area contributed by atoms with Crippen LogP contribution in [0.1, 0.15) is 0 Å². The van der Waals surface area contributed by atoms with Crippen LogP contribution in [-0.4, -0.2) is 4.57 Å². The predicted molar refractivity (Wildman–Crippen MR) is 199 cm³/mol. The Hall–Kier alpha value is -6.50. The number of fused-ring (bicyclic) bond motifs is 3. The van der Waals surface area contributed by atoms with Crippen LogP contribution < -0.4 is 0 Å². The quantitative estimate of drug-likeness (QED) is 0.107. The molecule has 222 valence electrons. The Morgan fingerprint density at radius 2 is 0.958 bits per heavy atom. The predicted octanol–water partition coefficient (Wildman–Crippen LogP) is 12.9. The molecule has 0 radical (unpaired) electrons. The normalized spacial score (nSPS) is 11.8. The Morgan fingerprint density at radius 3 is 1.60 bits per heavy atom. The first-order chi connectivity index (χ1) is 23.7. The molecule has 10 rings (SSSR count). The average Bonchev–Trinajstić information content (AvgIpc) is 3.48. The van der Waals surface area contributed by atoms with Gasteiger partial charge in [0.05, 0.1) is 17.6 Å². The Bertz CT molecular complexity index is 2900. The molecule has 0 unspecified atom stereocenters. The van der Waals surface area contributed by atoms with Crippen LogP contribution in [0.4, 0.5) is 10.1 Å². The molecule has 0 saturated heterocycles. The SMILES string of the molecule is [C-]#[N+]c1ccc2c3c1ccc1c(-c4c5ccccc5c(-c5cccc6ccccc56)c5ccccc45)ccc(c13)n2-c1ccc(F)cc1. The van der Waals surface area contributed by atoms with Crippen molar-refractivity contribution in [2.75, 3.05) is 0 Å². The van der Waals surface area contributed by atoms with Crippen LogP contribution in [-0.2, 0) is 0 Å². The second-order valence-corrected chi connectivity index (χ2v) is 12.4. The van der Waals surface area contributed by atoms with E-state index >= 15 is 0 Å². The van der Waals surface area contributed by atoms with Crippen LogP contribution in [0.3, 0.4) is 0 Å². The molecule has 10 aromatic rings. The van der Waals surface area contributed by atoms with Crippen molar-refractivity contribution in [1.29, 1.82) is 0 Å². The second-order valence-electron chi connectivity index (χ2n) is 12.4. The monoisotopic (exact) mass is 612 g/mol. The largest absolute Gasteiger partial charge is 0.309 e. The highest BCUT2D eigenvalue weighted by Crippen LogP contribution is 2.49. The smallest absolute Gasteiger partial charge is 0.195 e. The first-order valence-corrected chi connectivity index (χ1v) is 16.1. The van der Waals surface area contributed by atoms with Crippen LogP contribution in [0.5, 0.6) is 0 Å². The zero-order valence-corrected chi connectivity index (χ0v) is 25.7. The van der Waals surface area contributed by atoms with Gasteiger partial charge in [-0.1, -0.05) is 115 Å². The lowest BCUT2D eigenvalue weighted by Gasteiger charge is -2.20. The van der Waals surface area contributed by atoms with Crippen LogP contribution in [0, 0.1) is 12.4 Å². The van der Waals surface area contributed by atoms with E-state index in [9.17, 15) is 4.39 Å². The summed E-state index contributed by atoms with van der Waals surface area (Å²) in [5.41, 5.74) is 8.35. The summed E-state index contributed by atoms with van der Waals surface area (Å²) in [7, 11) is 0. The fraction of sp³-hybridized carbons (Fsp3) is 0. The third kappa shape index (κ3) is 3.60. The van der Waals surface area contributed by atoms with Gasteiger partial charge in [0, 0.05) is 16.5 Å². The molecule has 3 heteroatoms. The minimum absolute atomic E-state index is 0.268. The van der Waals surface area contributed by atoms with Crippen molar-refractivity contribution in [3.05, 3.63) is 169 Å². The van der Waals surface area contributed by atoms with E-state index in [1.165, 1.54) is 61.1 Å². The summed E-state index contributed by atoms with van der Waals surface area (Å²) in [6.45, 7) is 7.93. The topological polar surface area (TPSA) is 9.29 Å². The molecule has 0 aliphatic carbocycles. The number of rotatable bonds is 3.